The van der Waals surface area contributed by atoms with Gasteiger partial charge in [-0.3, -0.25) is 9.59 Å². The number of nitrogens with one attached hydrogen (secondary N) is 3. The first-order valence-electron chi connectivity index (χ1n) is 9.34. The summed E-state index contributed by atoms with van der Waals surface area (Å²) >= 11 is 0. The molecule has 1 aliphatic heterocycles. The van der Waals surface area contributed by atoms with Gasteiger partial charge in [0.2, 0.25) is 11.8 Å². The van der Waals surface area contributed by atoms with E-state index < -0.39 is 42.1 Å². The number of benzene rings is 2. The maximum Gasteiger partial charge on any atom is 0.342 e. The minimum absolute atomic E-state index is 0.0551. The van der Waals surface area contributed by atoms with Crippen LogP contribution in [0.2, 0.25) is 0 Å². The summed E-state index contributed by atoms with van der Waals surface area (Å²) < 4.78 is 41.4. The van der Waals surface area contributed by atoms with Crippen molar-refractivity contribution in [3.63, 3.8) is 0 Å². The van der Waals surface area contributed by atoms with E-state index in [4.69, 9.17) is 0 Å². The summed E-state index contributed by atoms with van der Waals surface area (Å²) in [5, 5.41) is 15.0. The Kier molecular flexibility index (Phi) is 5.25. The number of aryl methyl sites for hydroxylation is 1. The van der Waals surface area contributed by atoms with Crippen molar-refractivity contribution in [1.29, 1.82) is 0 Å². The second-order valence-electron chi connectivity index (χ2n) is 7.15. The lowest BCUT2D eigenvalue weighted by molar-refractivity contribution is -0.126. The number of hydrogen-bond donors (Lipinski definition) is 4. The van der Waals surface area contributed by atoms with E-state index in [1.54, 1.807) is 0 Å². The first kappa shape index (κ1) is 20.0. The van der Waals surface area contributed by atoms with Crippen molar-refractivity contribution in [2.75, 3.05) is 6.44 Å². The number of H-pyrrole nitrogens is 1. The van der Waals surface area contributed by atoms with Gasteiger partial charge in [-0.25, -0.2) is 13.2 Å². The number of carbonyl (C=O) groups excluding carboxylic acids is 2. The summed E-state index contributed by atoms with van der Waals surface area (Å²) in [7, 11) is 0. The van der Waals surface area contributed by atoms with Gasteiger partial charge in [-0.1, -0.05) is 0 Å². The largest absolute Gasteiger partial charge is 0.447 e. The van der Waals surface area contributed by atoms with Gasteiger partial charge in [0.15, 0.2) is 0 Å². The van der Waals surface area contributed by atoms with Crippen LogP contribution in [-0.4, -0.2) is 41.1 Å². The van der Waals surface area contributed by atoms with Gasteiger partial charge in [0.05, 0.1) is 5.52 Å². The van der Waals surface area contributed by atoms with Crippen LogP contribution in [0.25, 0.3) is 22.2 Å². The third-order valence-corrected chi connectivity index (χ3v) is 5.14. The molecule has 2 aromatic carbocycles. The van der Waals surface area contributed by atoms with Gasteiger partial charge < -0.3 is 20.6 Å². The lowest BCUT2D eigenvalue weighted by atomic mass is 9.63. The number of amides is 2. The summed E-state index contributed by atoms with van der Waals surface area (Å²) in [5.41, 5.74) is 1.56. The van der Waals surface area contributed by atoms with Gasteiger partial charge in [-0.2, -0.15) is 0 Å². The van der Waals surface area contributed by atoms with Crippen molar-refractivity contribution in [3.05, 3.63) is 59.4 Å². The minimum atomic E-state index is -1.04. The Morgan fingerprint density at radius 1 is 1.17 bits per heavy atom. The van der Waals surface area contributed by atoms with Gasteiger partial charge >= 0.3 is 6.92 Å². The number of aromatic amines is 1. The fourth-order valence-electron chi connectivity index (χ4n) is 3.65. The standard InChI is InChI=1S/C20H17BF3N3O3/c22-11-3-1-10(2-4-11)17-13(14-7-12(23)8-15(24)18(14)27-17)5-6-16(28)26-19-20(29)25-9-21(19)30/h1-4,7-8,19,27,30H,5-6,9H2,(H,25,29)(H,26,28). The fourth-order valence-corrected chi connectivity index (χ4v) is 3.65. The second kappa shape index (κ2) is 7.87. The van der Waals surface area contributed by atoms with Crippen LogP contribution in [0, 0.1) is 17.5 Å². The fraction of sp³-hybridized carbons (Fsp3) is 0.200. The average Bonchev–Trinajstić information content (AvgIpc) is 3.22. The highest BCUT2D eigenvalue weighted by molar-refractivity contribution is 6.60. The molecule has 2 amide bonds. The molecule has 0 aliphatic carbocycles. The molecule has 154 valence electrons. The van der Waals surface area contributed by atoms with Crippen LogP contribution in [0.5, 0.6) is 0 Å². The van der Waals surface area contributed by atoms with E-state index >= 15 is 0 Å². The highest BCUT2D eigenvalue weighted by Crippen LogP contribution is 2.33. The van der Waals surface area contributed by atoms with E-state index in [1.165, 1.54) is 30.3 Å². The van der Waals surface area contributed by atoms with Gasteiger partial charge in [0.1, 0.15) is 23.4 Å². The Hall–Kier alpha value is -3.27. The van der Waals surface area contributed by atoms with Crippen LogP contribution >= 0.6 is 0 Å². The molecular weight excluding hydrogens is 398 g/mol. The molecule has 0 spiro atoms. The lowest BCUT2D eigenvalue weighted by Crippen LogP contribution is -2.48. The van der Waals surface area contributed by atoms with Crippen LogP contribution in [0.1, 0.15) is 12.0 Å². The Labute approximate surface area is 169 Å². The summed E-state index contributed by atoms with van der Waals surface area (Å²) in [5.74, 6) is -3.99. The first-order chi connectivity index (χ1) is 14.3. The number of carbonyl (C=O) groups is 2. The van der Waals surface area contributed by atoms with Crippen molar-refractivity contribution in [3.8, 4) is 11.3 Å². The molecule has 6 nitrogen and oxygen atoms in total. The topological polar surface area (TPSA) is 94.2 Å². The van der Waals surface area contributed by atoms with Crippen LogP contribution in [0.4, 0.5) is 13.2 Å². The number of hydrogen-bond acceptors (Lipinski definition) is 3. The SMILES string of the molecule is O=C(CCc1c(-c2ccc(F)cc2)[nH]c2c(F)cc(F)cc12)NC1B(O)CNC1=O. The highest BCUT2D eigenvalue weighted by atomic mass is 19.1. The molecule has 1 atom stereocenters. The molecule has 1 saturated heterocycles. The number of rotatable bonds is 5. The predicted molar refractivity (Wildman–Crippen MR) is 105 cm³/mol. The highest BCUT2D eigenvalue weighted by Gasteiger charge is 2.38. The molecule has 1 fully saturated rings. The van der Waals surface area contributed by atoms with Crippen LogP contribution in [0.3, 0.4) is 0 Å². The van der Waals surface area contributed by atoms with Crippen molar-refractivity contribution in [2.45, 2.75) is 18.8 Å². The van der Waals surface area contributed by atoms with Crippen LogP contribution in [0.15, 0.2) is 36.4 Å². The number of halogens is 3. The van der Waals surface area contributed by atoms with Crippen LogP contribution < -0.4 is 10.6 Å². The predicted octanol–water partition coefficient (Wildman–Crippen LogP) is 1.86. The Bertz CT molecular complexity index is 1130. The second-order valence-corrected chi connectivity index (χ2v) is 7.15. The van der Waals surface area contributed by atoms with Gasteiger partial charge in [0, 0.05) is 30.0 Å². The molecule has 4 rings (SSSR count). The van der Waals surface area contributed by atoms with Gasteiger partial charge in [-0.15, -0.1) is 0 Å². The molecule has 0 radical (unpaired) electrons. The molecule has 10 heteroatoms. The molecule has 1 aliphatic rings. The quantitative estimate of drug-likeness (QED) is 0.480. The summed E-state index contributed by atoms with van der Waals surface area (Å²) in [6.45, 7) is -1.02. The molecule has 3 aromatic rings. The van der Waals surface area contributed by atoms with Crippen LogP contribution in [-0.2, 0) is 16.0 Å². The zero-order chi connectivity index (χ0) is 21.4. The van der Waals surface area contributed by atoms with Gasteiger partial charge in [0.25, 0.3) is 0 Å². The average molecular weight is 415 g/mol. The molecule has 0 saturated carbocycles. The summed E-state index contributed by atoms with van der Waals surface area (Å²) in [4.78, 5) is 26.9. The van der Waals surface area contributed by atoms with E-state index in [0.29, 0.717) is 16.8 Å². The third kappa shape index (κ3) is 3.78. The molecule has 4 N–H and O–H groups in total. The zero-order valence-corrected chi connectivity index (χ0v) is 15.6. The van der Waals surface area contributed by atoms with Crippen molar-refractivity contribution >= 4 is 29.6 Å². The van der Waals surface area contributed by atoms with Crippen molar-refractivity contribution in [2.24, 2.45) is 0 Å². The normalized spacial score (nSPS) is 16.2. The van der Waals surface area contributed by atoms with E-state index in [-0.39, 0.29) is 30.2 Å². The molecule has 0 bridgehead atoms. The summed E-state index contributed by atoms with van der Waals surface area (Å²) in [6, 6.07) is 7.41. The van der Waals surface area contributed by atoms with E-state index in [0.717, 1.165) is 6.07 Å². The van der Waals surface area contributed by atoms with E-state index in [2.05, 4.69) is 15.6 Å². The Morgan fingerprint density at radius 2 is 1.90 bits per heavy atom. The Morgan fingerprint density at radius 3 is 2.57 bits per heavy atom. The number of fused-ring (bicyclic) bond motifs is 1. The maximum absolute atomic E-state index is 14.3. The molecule has 30 heavy (non-hydrogen) atoms. The molecular formula is C20H17BF3N3O3. The molecule has 1 aromatic heterocycles. The molecule has 1 unspecified atom stereocenters. The lowest BCUT2D eigenvalue weighted by Gasteiger charge is -2.12. The maximum atomic E-state index is 14.3. The Balaban J connectivity index is 1.64. The smallest absolute Gasteiger partial charge is 0.342 e. The van der Waals surface area contributed by atoms with Crippen molar-refractivity contribution < 1.29 is 27.8 Å². The summed E-state index contributed by atoms with van der Waals surface area (Å²) in [6.07, 6.45) is 0.0706. The minimum Gasteiger partial charge on any atom is -0.447 e. The zero-order valence-electron chi connectivity index (χ0n) is 15.6. The monoisotopic (exact) mass is 415 g/mol. The van der Waals surface area contributed by atoms with E-state index in [1.807, 2.05) is 0 Å². The first-order valence-corrected chi connectivity index (χ1v) is 9.34. The van der Waals surface area contributed by atoms with E-state index in [9.17, 15) is 27.8 Å². The van der Waals surface area contributed by atoms with Crippen molar-refractivity contribution in [1.82, 2.24) is 15.6 Å². The van der Waals surface area contributed by atoms with Gasteiger partial charge in [-0.05, 0) is 47.9 Å². The molecule has 2 heterocycles. The third-order valence-electron chi connectivity index (χ3n) is 5.14. The number of aromatic nitrogens is 1.